The molecule has 0 aliphatic rings. The molecule has 0 saturated heterocycles. The van der Waals surface area contributed by atoms with Gasteiger partial charge in [0.15, 0.2) is 0 Å². The number of nitrogens with zero attached hydrogens (tertiary/aromatic N) is 1. The fraction of sp³-hybridized carbons (Fsp3) is 0.143. The van der Waals surface area contributed by atoms with E-state index in [1.165, 1.54) is 0 Å². The van der Waals surface area contributed by atoms with Crippen molar-refractivity contribution in [1.82, 2.24) is 4.98 Å². The van der Waals surface area contributed by atoms with Crippen LogP contribution in [0.3, 0.4) is 0 Å². The minimum absolute atomic E-state index is 0.107. The van der Waals surface area contributed by atoms with E-state index in [1.807, 2.05) is 32.0 Å². The summed E-state index contributed by atoms with van der Waals surface area (Å²) in [5, 5.41) is 2.93. The van der Waals surface area contributed by atoms with E-state index in [2.05, 4.69) is 10.3 Å². The number of pyridine rings is 1. The molecule has 2 aromatic rings. The van der Waals surface area contributed by atoms with Gasteiger partial charge >= 0.3 is 0 Å². The first-order valence-electron chi connectivity index (χ1n) is 5.46. The molecule has 0 radical (unpaired) electrons. The number of aryl methyl sites for hydroxylation is 2. The van der Waals surface area contributed by atoms with Crippen molar-refractivity contribution in [1.29, 1.82) is 0 Å². The van der Waals surface area contributed by atoms with Crippen LogP contribution in [-0.4, -0.2) is 10.9 Å². The van der Waals surface area contributed by atoms with E-state index in [4.69, 9.17) is 0 Å². The Labute approximate surface area is 101 Å². The smallest absolute Gasteiger partial charge is 0.255 e. The first kappa shape index (κ1) is 11.3. The number of anilines is 1. The maximum atomic E-state index is 12.0. The van der Waals surface area contributed by atoms with Gasteiger partial charge in [-0.1, -0.05) is 18.2 Å². The van der Waals surface area contributed by atoms with E-state index in [9.17, 15) is 4.79 Å². The Morgan fingerprint density at radius 3 is 2.24 bits per heavy atom. The van der Waals surface area contributed by atoms with Gasteiger partial charge in [0, 0.05) is 23.6 Å². The van der Waals surface area contributed by atoms with E-state index < -0.39 is 0 Å². The molecule has 1 aromatic carbocycles. The number of rotatable bonds is 2. The van der Waals surface area contributed by atoms with Gasteiger partial charge in [0.25, 0.3) is 5.91 Å². The number of hydrogen-bond acceptors (Lipinski definition) is 2. The largest absolute Gasteiger partial charge is 0.322 e. The Bertz CT molecular complexity index is 515. The van der Waals surface area contributed by atoms with Gasteiger partial charge in [-0.05, 0) is 37.1 Å². The van der Waals surface area contributed by atoms with E-state index in [0.29, 0.717) is 5.56 Å². The molecule has 0 unspecified atom stereocenters. The molecule has 0 aliphatic carbocycles. The number of benzene rings is 1. The minimum atomic E-state index is -0.107. The molecular formula is C14H14N2O. The first-order chi connectivity index (χ1) is 8.18. The SMILES string of the molecule is Cc1cccc(C)c1NC(=O)c1ccncc1. The lowest BCUT2D eigenvalue weighted by Gasteiger charge is -2.11. The second-order valence-corrected chi connectivity index (χ2v) is 3.96. The highest BCUT2D eigenvalue weighted by atomic mass is 16.1. The number of carbonyl (C=O) groups excluding carboxylic acids is 1. The molecule has 0 saturated carbocycles. The van der Waals surface area contributed by atoms with Crippen LogP contribution in [0.5, 0.6) is 0 Å². The first-order valence-corrected chi connectivity index (χ1v) is 5.46. The Kier molecular flexibility index (Phi) is 3.19. The van der Waals surface area contributed by atoms with Gasteiger partial charge in [-0.3, -0.25) is 9.78 Å². The van der Waals surface area contributed by atoms with E-state index in [1.54, 1.807) is 24.5 Å². The summed E-state index contributed by atoms with van der Waals surface area (Å²) < 4.78 is 0. The van der Waals surface area contributed by atoms with Crippen molar-refractivity contribution < 1.29 is 4.79 Å². The molecule has 0 aliphatic heterocycles. The molecule has 3 nitrogen and oxygen atoms in total. The molecule has 1 aromatic heterocycles. The zero-order valence-electron chi connectivity index (χ0n) is 9.90. The Balaban J connectivity index is 2.25. The number of hydrogen-bond donors (Lipinski definition) is 1. The highest BCUT2D eigenvalue weighted by molar-refractivity contribution is 6.04. The van der Waals surface area contributed by atoms with Crippen LogP contribution in [0.2, 0.25) is 0 Å². The van der Waals surface area contributed by atoms with Gasteiger partial charge in [0.1, 0.15) is 0 Å². The molecule has 2 rings (SSSR count). The van der Waals surface area contributed by atoms with Gasteiger partial charge in [-0.2, -0.15) is 0 Å². The summed E-state index contributed by atoms with van der Waals surface area (Å²) in [6, 6.07) is 9.34. The van der Waals surface area contributed by atoms with Crippen LogP contribution < -0.4 is 5.32 Å². The zero-order chi connectivity index (χ0) is 12.3. The third-order valence-corrected chi connectivity index (χ3v) is 2.66. The summed E-state index contributed by atoms with van der Waals surface area (Å²) in [7, 11) is 0. The van der Waals surface area contributed by atoms with Crippen molar-refractivity contribution in [3.63, 3.8) is 0 Å². The maximum Gasteiger partial charge on any atom is 0.255 e. The van der Waals surface area contributed by atoms with Crippen LogP contribution in [0, 0.1) is 13.8 Å². The van der Waals surface area contributed by atoms with E-state index in [0.717, 1.165) is 16.8 Å². The van der Waals surface area contributed by atoms with Gasteiger partial charge in [-0.15, -0.1) is 0 Å². The quantitative estimate of drug-likeness (QED) is 0.855. The zero-order valence-corrected chi connectivity index (χ0v) is 9.90. The lowest BCUT2D eigenvalue weighted by Crippen LogP contribution is -2.13. The number of nitrogens with one attached hydrogen (secondary N) is 1. The number of para-hydroxylation sites is 1. The van der Waals surface area contributed by atoms with Crippen molar-refractivity contribution in [2.75, 3.05) is 5.32 Å². The van der Waals surface area contributed by atoms with Gasteiger partial charge in [-0.25, -0.2) is 0 Å². The van der Waals surface area contributed by atoms with Crippen molar-refractivity contribution >= 4 is 11.6 Å². The molecule has 1 heterocycles. The third-order valence-electron chi connectivity index (χ3n) is 2.66. The standard InChI is InChI=1S/C14H14N2O/c1-10-4-3-5-11(2)13(10)16-14(17)12-6-8-15-9-7-12/h3-9H,1-2H3,(H,16,17). The molecule has 0 spiro atoms. The van der Waals surface area contributed by atoms with Crippen molar-refractivity contribution in [3.8, 4) is 0 Å². The lowest BCUT2D eigenvalue weighted by molar-refractivity contribution is 0.102. The lowest BCUT2D eigenvalue weighted by atomic mass is 10.1. The number of carbonyl (C=O) groups is 1. The van der Waals surface area contributed by atoms with Crippen molar-refractivity contribution in [3.05, 3.63) is 59.4 Å². The predicted molar refractivity (Wildman–Crippen MR) is 68.1 cm³/mol. The Morgan fingerprint density at radius 1 is 1.06 bits per heavy atom. The van der Waals surface area contributed by atoms with Crippen LogP contribution in [0.15, 0.2) is 42.7 Å². The van der Waals surface area contributed by atoms with E-state index >= 15 is 0 Å². The molecule has 1 amide bonds. The highest BCUT2D eigenvalue weighted by Crippen LogP contribution is 2.20. The third kappa shape index (κ3) is 2.50. The molecule has 0 atom stereocenters. The second kappa shape index (κ2) is 4.78. The van der Waals surface area contributed by atoms with Crippen molar-refractivity contribution in [2.45, 2.75) is 13.8 Å². The van der Waals surface area contributed by atoms with Crippen LogP contribution in [0.25, 0.3) is 0 Å². The maximum absolute atomic E-state index is 12.0. The topological polar surface area (TPSA) is 42.0 Å². The molecular weight excluding hydrogens is 212 g/mol. The second-order valence-electron chi connectivity index (χ2n) is 3.96. The fourth-order valence-corrected chi connectivity index (χ4v) is 1.70. The average Bonchev–Trinajstić information content (AvgIpc) is 2.35. The summed E-state index contributed by atoms with van der Waals surface area (Å²) in [6.45, 7) is 3.96. The Hall–Kier alpha value is -2.16. The molecule has 0 bridgehead atoms. The predicted octanol–water partition coefficient (Wildman–Crippen LogP) is 2.95. The number of amides is 1. The average molecular weight is 226 g/mol. The number of aromatic nitrogens is 1. The van der Waals surface area contributed by atoms with Gasteiger partial charge in [0.05, 0.1) is 0 Å². The summed E-state index contributed by atoms with van der Waals surface area (Å²) in [5.74, 6) is -0.107. The van der Waals surface area contributed by atoms with Crippen LogP contribution >= 0.6 is 0 Å². The molecule has 17 heavy (non-hydrogen) atoms. The summed E-state index contributed by atoms with van der Waals surface area (Å²) in [6.07, 6.45) is 3.22. The van der Waals surface area contributed by atoms with Crippen molar-refractivity contribution in [2.24, 2.45) is 0 Å². The van der Waals surface area contributed by atoms with Gasteiger partial charge in [0.2, 0.25) is 0 Å². The summed E-state index contributed by atoms with van der Waals surface area (Å²) in [5.41, 5.74) is 3.62. The normalized spacial score (nSPS) is 10.0. The van der Waals surface area contributed by atoms with Crippen LogP contribution in [0.1, 0.15) is 21.5 Å². The molecule has 1 N–H and O–H groups in total. The molecule has 86 valence electrons. The fourth-order valence-electron chi connectivity index (χ4n) is 1.70. The van der Waals surface area contributed by atoms with Gasteiger partial charge < -0.3 is 5.32 Å². The summed E-state index contributed by atoms with van der Waals surface area (Å²) >= 11 is 0. The van der Waals surface area contributed by atoms with Crippen LogP contribution in [-0.2, 0) is 0 Å². The van der Waals surface area contributed by atoms with E-state index in [-0.39, 0.29) is 5.91 Å². The molecule has 3 heteroatoms. The van der Waals surface area contributed by atoms with Crippen LogP contribution in [0.4, 0.5) is 5.69 Å². The minimum Gasteiger partial charge on any atom is -0.322 e. The Morgan fingerprint density at radius 2 is 1.65 bits per heavy atom. The monoisotopic (exact) mass is 226 g/mol. The molecule has 0 fully saturated rings. The summed E-state index contributed by atoms with van der Waals surface area (Å²) in [4.78, 5) is 15.9. The highest BCUT2D eigenvalue weighted by Gasteiger charge is 2.08.